The summed E-state index contributed by atoms with van der Waals surface area (Å²) < 4.78 is 5.40. The largest absolute Gasteiger partial charge is 0.378 e. The molecule has 2 fully saturated rings. The Morgan fingerprint density at radius 2 is 2.22 bits per heavy atom. The molecule has 0 saturated carbocycles. The fourth-order valence-electron chi connectivity index (χ4n) is 2.29. The molecular weight excluding hydrogens is 236 g/mol. The van der Waals surface area contributed by atoms with Gasteiger partial charge in [-0.1, -0.05) is 0 Å². The number of imide groups is 1. The third kappa shape index (κ3) is 2.38. The quantitative estimate of drug-likeness (QED) is 0.694. The number of carbonyl (C=O) groups is 3. The first-order valence-corrected chi connectivity index (χ1v) is 6.17. The highest BCUT2D eigenvalue weighted by atomic mass is 16.5. The molecule has 1 unspecified atom stereocenters. The van der Waals surface area contributed by atoms with Crippen LogP contribution in [0.2, 0.25) is 0 Å². The van der Waals surface area contributed by atoms with E-state index in [2.05, 4.69) is 5.32 Å². The van der Waals surface area contributed by atoms with E-state index in [9.17, 15) is 14.4 Å². The van der Waals surface area contributed by atoms with Gasteiger partial charge in [0.2, 0.25) is 11.8 Å². The molecule has 0 bridgehead atoms. The first-order chi connectivity index (χ1) is 8.41. The zero-order chi connectivity index (χ0) is 13.3. The van der Waals surface area contributed by atoms with Crippen LogP contribution in [0, 0.1) is 0 Å². The number of nitrogens with one attached hydrogen (secondary N) is 1. The molecule has 3 amide bonds. The molecule has 0 spiro atoms. The highest BCUT2D eigenvalue weighted by molar-refractivity contribution is 6.06. The second-order valence-corrected chi connectivity index (χ2v) is 5.26. The molecule has 18 heavy (non-hydrogen) atoms. The number of ether oxygens (including phenoxy) is 1. The summed E-state index contributed by atoms with van der Waals surface area (Å²) in [6.07, 6.45) is 1.98. The molecule has 1 N–H and O–H groups in total. The average molecular weight is 254 g/mol. The van der Waals surface area contributed by atoms with Gasteiger partial charge < -0.3 is 9.64 Å². The van der Waals surface area contributed by atoms with Crippen LogP contribution in [0.3, 0.4) is 0 Å². The van der Waals surface area contributed by atoms with E-state index < -0.39 is 17.4 Å². The summed E-state index contributed by atoms with van der Waals surface area (Å²) in [6.45, 7) is 3.90. The number of hydrogen-bond acceptors (Lipinski definition) is 4. The molecule has 0 radical (unpaired) electrons. The maximum atomic E-state index is 12.2. The summed E-state index contributed by atoms with van der Waals surface area (Å²) in [5.41, 5.74) is -0.983. The number of carbonyl (C=O) groups excluding carboxylic acids is 3. The van der Waals surface area contributed by atoms with Crippen molar-refractivity contribution in [2.75, 3.05) is 13.2 Å². The van der Waals surface area contributed by atoms with Crippen molar-refractivity contribution in [2.24, 2.45) is 0 Å². The monoisotopic (exact) mass is 254 g/mol. The summed E-state index contributed by atoms with van der Waals surface area (Å²) in [5.74, 6) is -1.06. The van der Waals surface area contributed by atoms with Gasteiger partial charge in [-0.25, -0.2) is 0 Å². The third-order valence-corrected chi connectivity index (χ3v) is 3.51. The van der Waals surface area contributed by atoms with E-state index in [0.717, 1.165) is 12.8 Å². The average Bonchev–Trinajstić information content (AvgIpc) is 2.76. The van der Waals surface area contributed by atoms with E-state index in [1.165, 1.54) is 4.90 Å². The minimum absolute atomic E-state index is 0.0652. The maximum Gasteiger partial charge on any atom is 0.252 e. The number of nitrogens with zero attached hydrogens (tertiary/aromatic N) is 1. The van der Waals surface area contributed by atoms with Gasteiger partial charge in [-0.05, 0) is 26.7 Å². The first kappa shape index (κ1) is 13.0. The molecule has 0 aromatic rings. The Morgan fingerprint density at radius 1 is 1.50 bits per heavy atom. The Kier molecular flexibility index (Phi) is 3.38. The van der Waals surface area contributed by atoms with Crippen molar-refractivity contribution in [1.82, 2.24) is 10.2 Å². The van der Waals surface area contributed by atoms with Crippen molar-refractivity contribution in [2.45, 2.75) is 44.8 Å². The second-order valence-electron chi connectivity index (χ2n) is 5.26. The van der Waals surface area contributed by atoms with Crippen LogP contribution >= 0.6 is 0 Å². The smallest absolute Gasteiger partial charge is 0.252 e. The lowest BCUT2D eigenvalue weighted by Gasteiger charge is -2.40. The molecule has 2 saturated heterocycles. The van der Waals surface area contributed by atoms with Crippen LogP contribution in [0.15, 0.2) is 0 Å². The van der Waals surface area contributed by atoms with Gasteiger partial charge in [0.25, 0.3) is 5.91 Å². The third-order valence-electron chi connectivity index (χ3n) is 3.51. The number of amides is 3. The van der Waals surface area contributed by atoms with Gasteiger partial charge in [0, 0.05) is 6.61 Å². The van der Waals surface area contributed by atoms with E-state index in [0.29, 0.717) is 6.61 Å². The molecule has 6 nitrogen and oxygen atoms in total. The van der Waals surface area contributed by atoms with Gasteiger partial charge in [-0.3, -0.25) is 19.7 Å². The highest BCUT2D eigenvalue weighted by Gasteiger charge is 2.43. The molecule has 100 valence electrons. The van der Waals surface area contributed by atoms with Crippen molar-refractivity contribution < 1.29 is 19.1 Å². The maximum absolute atomic E-state index is 12.2. The Morgan fingerprint density at radius 3 is 2.83 bits per heavy atom. The number of rotatable bonds is 2. The minimum Gasteiger partial charge on any atom is -0.378 e. The van der Waals surface area contributed by atoms with Crippen molar-refractivity contribution in [1.29, 1.82) is 0 Å². The number of piperazine rings is 1. The molecular formula is C12H18N2O4. The summed E-state index contributed by atoms with van der Waals surface area (Å²) in [6, 6.07) is 0. The molecule has 6 heteroatoms. The molecule has 1 atom stereocenters. The lowest BCUT2D eigenvalue weighted by Crippen LogP contribution is -2.65. The molecule has 2 heterocycles. The van der Waals surface area contributed by atoms with Crippen LogP contribution in [-0.2, 0) is 19.1 Å². The van der Waals surface area contributed by atoms with Crippen LogP contribution in [0.1, 0.15) is 33.1 Å². The lowest BCUT2D eigenvalue weighted by atomic mass is 9.97. The molecule has 2 aliphatic rings. The Bertz CT molecular complexity index is 386. The summed E-state index contributed by atoms with van der Waals surface area (Å²) >= 11 is 0. The zero-order valence-corrected chi connectivity index (χ0v) is 10.7. The van der Waals surface area contributed by atoms with Crippen molar-refractivity contribution in [3.05, 3.63) is 0 Å². The van der Waals surface area contributed by atoms with E-state index in [1.807, 2.05) is 0 Å². The molecule has 2 aliphatic heterocycles. The van der Waals surface area contributed by atoms with Gasteiger partial charge >= 0.3 is 0 Å². The van der Waals surface area contributed by atoms with Crippen LogP contribution < -0.4 is 5.32 Å². The van der Waals surface area contributed by atoms with Gasteiger partial charge in [-0.2, -0.15) is 0 Å². The summed E-state index contributed by atoms with van der Waals surface area (Å²) in [7, 11) is 0. The SMILES string of the molecule is CC1(C)C(=O)NC(=O)CN1C(=O)CC1CCCO1. The van der Waals surface area contributed by atoms with Gasteiger partial charge in [0.15, 0.2) is 0 Å². The second kappa shape index (κ2) is 4.68. The fraction of sp³-hybridized carbons (Fsp3) is 0.750. The fourth-order valence-corrected chi connectivity index (χ4v) is 2.29. The van der Waals surface area contributed by atoms with E-state index in [4.69, 9.17) is 4.74 Å². The molecule has 0 aromatic carbocycles. The van der Waals surface area contributed by atoms with Gasteiger partial charge in [-0.15, -0.1) is 0 Å². The van der Waals surface area contributed by atoms with Gasteiger partial charge in [0.05, 0.1) is 12.5 Å². The van der Waals surface area contributed by atoms with Crippen molar-refractivity contribution in [3.8, 4) is 0 Å². The summed E-state index contributed by atoms with van der Waals surface area (Å²) in [4.78, 5) is 36.6. The van der Waals surface area contributed by atoms with Crippen LogP contribution in [-0.4, -0.2) is 47.4 Å². The Balaban J connectivity index is 2.06. The Labute approximate surface area is 106 Å². The van der Waals surface area contributed by atoms with Crippen LogP contribution in [0.25, 0.3) is 0 Å². The predicted octanol–water partition coefficient (Wildman–Crippen LogP) is -0.181. The minimum atomic E-state index is -0.983. The topological polar surface area (TPSA) is 75.7 Å². The van der Waals surface area contributed by atoms with E-state index in [-0.39, 0.29) is 25.0 Å². The molecule has 2 rings (SSSR count). The standard InChI is InChI=1S/C12H18N2O4/c1-12(2)11(17)13-9(15)7-14(12)10(16)6-8-4-3-5-18-8/h8H,3-7H2,1-2H3,(H,13,15,17). The van der Waals surface area contributed by atoms with E-state index in [1.54, 1.807) is 13.8 Å². The van der Waals surface area contributed by atoms with Crippen LogP contribution in [0.5, 0.6) is 0 Å². The predicted molar refractivity (Wildman–Crippen MR) is 62.5 cm³/mol. The first-order valence-electron chi connectivity index (χ1n) is 6.17. The van der Waals surface area contributed by atoms with Crippen molar-refractivity contribution >= 4 is 17.7 Å². The highest BCUT2D eigenvalue weighted by Crippen LogP contribution is 2.22. The lowest BCUT2D eigenvalue weighted by molar-refractivity contribution is -0.156. The number of hydrogen-bond donors (Lipinski definition) is 1. The van der Waals surface area contributed by atoms with Gasteiger partial charge in [0.1, 0.15) is 12.1 Å². The molecule has 0 aromatic heterocycles. The van der Waals surface area contributed by atoms with E-state index >= 15 is 0 Å². The normalized spacial score (nSPS) is 27.2. The van der Waals surface area contributed by atoms with Crippen LogP contribution in [0.4, 0.5) is 0 Å². The van der Waals surface area contributed by atoms with Crippen molar-refractivity contribution in [3.63, 3.8) is 0 Å². The zero-order valence-electron chi connectivity index (χ0n) is 10.7. The summed E-state index contributed by atoms with van der Waals surface area (Å²) in [5, 5.41) is 2.25. The molecule has 0 aliphatic carbocycles. The Hall–Kier alpha value is -1.43.